The van der Waals surface area contributed by atoms with Crippen molar-refractivity contribution in [1.29, 1.82) is 0 Å². The number of piperidine rings is 1. The molecule has 1 aliphatic heterocycles. The monoisotopic (exact) mass is 319 g/mol. The fourth-order valence-electron chi connectivity index (χ4n) is 2.57. The number of hydrogen-bond acceptors (Lipinski definition) is 5. The zero-order valence-corrected chi connectivity index (χ0v) is 12.9. The Balaban J connectivity index is 1.70. The highest BCUT2D eigenvalue weighted by atomic mass is 35.5. The second-order valence-corrected chi connectivity index (χ2v) is 5.73. The van der Waals surface area contributed by atoms with Crippen molar-refractivity contribution in [3.63, 3.8) is 0 Å². The van der Waals surface area contributed by atoms with E-state index in [0.29, 0.717) is 12.2 Å². The van der Waals surface area contributed by atoms with E-state index in [2.05, 4.69) is 31.5 Å². The third-order valence-corrected chi connectivity index (χ3v) is 4.14. The number of aromatic nitrogens is 3. The molecule has 2 N–H and O–H groups in total. The third kappa shape index (κ3) is 3.39. The van der Waals surface area contributed by atoms with Crippen LogP contribution in [0.25, 0.3) is 0 Å². The zero-order chi connectivity index (χ0) is 15.4. The largest absolute Gasteiger partial charge is 0.378 e. The fourth-order valence-corrected chi connectivity index (χ4v) is 2.73. The molecule has 6 nitrogen and oxygen atoms in total. The molecular formula is C15H18ClN5O. The number of nitrogens with one attached hydrogen (secondary N) is 2. The van der Waals surface area contributed by atoms with Gasteiger partial charge in [0.05, 0.1) is 11.9 Å². The highest BCUT2D eigenvalue weighted by Gasteiger charge is 2.12. The summed E-state index contributed by atoms with van der Waals surface area (Å²) in [4.78, 5) is 18.2. The lowest BCUT2D eigenvalue weighted by molar-refractivity contribution is 0.573. The van der Waals surface area contributed by atoms with Crippen molar-refractivity contribution in [1.82, 2.24) is 15.2 Å². The maximum Gasteiger partial charge on any atom is 0.285 e. The van der Waals surface area contributed by atoms with Gasteiger partial charge in [0, 0.05) is 25.8 Å². The normalized spacial score (nSPS) is 14.9. The van der Waals surface area contributed by atoms with E-state index in [9.17, 15) is 4.79 Å². The van der Waals surface area contributed by atoms with Crippen molar-refractivity contribution >= 4 is 23.1 Å². The van der Waals surface area contributed by atoms with Crippen LogP contribution in [0.2, 0.25) is 5.02 Å². The van der Waals surface area contributed by atoms with Crippen LogP contribution in [-0.4, -0.2) is 28.3 Å². The molecule has 0 aliphatic carbocycles. The van der Waals surface area contributed by atoms with E-state index in [1.807, 2.05) is 12.3 Å². The Morgan fingerprint density at radius 2 is 2.14 bits per heavy atom. The maximum atomic E-state index is 11.4. The molecule has 1 fully saturated rings. The van der Waals surface area contributed by atoms with E-state index in [1.165, 1.54) is 25.5 Å². The SMILES string of the molecule is O=c1[nH]ncc(NCc2ccnc(N3CCCCC3)c2)c1Cl. The van der Waals surface area contributed by atoms with Gasteiger partial charge in [-0.3, -0.25) is 4.79 Å². The van der Waals surface area contributed by atoms with Gasteiger partial charge >= 0.3 is 0 Å². The van der Waals surface area contributed by atoms with E-state index in [0.717, 1.165) is 24.5 Å². The molecule has 1 saturated heterocycles. The second-order valence-electron chi connectivity index (χ2n) is 5.35. The highest BCUT2D eigenvalue weighted by molar-refractivity contribution is 6.32. The molecule has 2 aromatic rings. The van der Waals surface area contributed by atoms with Crippen molar-refractivity contribution < 1.29 is 0 Å². The summed E-state index contributed by atoms with van der Waals surface area (Å²) < 4.78 is 0. The van der Waals surface area contributed by atoms with Gasteiger partial charge in [-0.05, 0) is 37.0 Å². The van der Waals surface area contributed by atoms with Gasteiger partial charge in [-0.1, -0.05) is 11.6 Å². The smallest absolute Gasteiger partial charge is 0.285 e. The molecule has 0 amide bonds. The van der Waals surface area contributed by atoms with Crippen molar-refractivity contribution in [3.8, 4) is 0 Å². The van der Waals surface area contributed by atoms with Crippen molar-refractivity contribution in [3.05, 3.63) is 45.5 Å². The molecule has 0 bridgehead atoms. The van der Waals surface area contributed by atoms with Crippen LogP contribution in [0.15, 0.2) is 29.3 Å². The molecule has 3 heterocycles. The van der Waals surface area contributed by atoms with E-state index >= 15 is 0 Å². The van der Waals surface area contributed by atoms with Crippen LogP contribution in [0.5, 0.6) is 0 Å². The molecule has 3 rings (SSSR count). The average molecular weight is 320 g/mol. The molecule has 0 radical (unpaired) electrons. The van der Waals surface area contributed by atoms with Gasteiger partial charge in [-0.15, -0.1) is 0 Å². The molecule has 2 aromatic heterocycles. The van der Waals surface area contributed by atoms with Crippen LogP contribution < -0.4 is 15.8 Å². The standard InChI is InChI=1S/C15H18ClN5O/c16-14-12(10-19-20-15(14)22)18-9-11-4-5-17-13(8-11)21-6-2-1-3-7-21/h4-5,8,10H,1-3,6-7,9H2,(H2,18,20,22). The Labute approximate surface area is 133 Å². The Morgan fingerprint density at radius 3 is 2.95 bits per heavy atom. The zero-order valence-electron chi connectivity index (χ0n) is 12.2. The lowest BCUT2D eigenvalue weighted by atomic mass is 10.1. The van der Waals surface area contributed by atoms with Gasteiger partial charge in [-0.2, -0.15) is 5.10 Å². The summed E-state index contributed by atoms with van der Waals surface area (Å²) >= 11 is 5.95. The van der Waals surface area contributed by atoms with Crippen LogP contribution in [-0.2, 0) is 6.54 Å². The van der Waals surface area contributed by atoms with Gasteiger partial charge in [0.1, 0.15) is 10.8 Å². The predicted molar refractivity (Wildman–Crippen MR) is 87.5 cm³/mol. The quantitative estimate of drug-likeness (QED) is 0.905. The number of pyridine rings is 1. The summed E-state index contributed by atoms with van der Waals surface area (Å²) in [5.74, 6) is 1.01. The number of nitrogens with zero attached hydrogens (tertiary/aromatic N) is 3. The minimum absolute atomic E-state index is 0.125. The second kappa shape index (κ2) is 6.79. The summed E-state index contributed by atoms with van der Waals surface area (Å²) in [5, 5.41) is 9.30. The molecule has 0 aromatic carbocycles. The molecule has 0 atom stereocenters. The number of H-pyrrole nitrogens is 1. The third-order valence-electron chi connectivity index (χ3n) is 3.77. The fraction of sp³-hybridized carbons (Fsp3) is 0.400. The number of rotatable bonds is 4. The van der Waals surface area contributed by atoms with Gasteiger partial charge in [0.15, 0.2) is 0 Å². The summed E-state index contributed by atoms with van der Waals surface area (Å²) in [7, 11) is 0. The van der Waals surface area contributed by atoms with E-state index in [-0.39, 0.29) is 5.02 Å². The van der Waals surface area contributed by atoms with Gasteiger partial charge in [0.2, 0.25) is 0 Å². The van der Waals surface area contributed by atoms with Gasteiger partial charge < -0.3 is 10.2 Å². The molecule has 1 aliphatic rings. The predicted octanol–water partition coefficient (Wildman–Crippen LogP) is 2.42. The molecule has 7 heteroatoms. The summed E-state index contributed by atoms with van der Waals surface area (Å²) in [5.41, 5.74) is 1.23. The first-order valence-electron chi connectivity index (χ1n) is 7.41. The van der Waals surface area contributed by atoms with E-state index in [4.69, 9.17) is 11.6 Å². The Kier molecular flexibility index (Phi) is 4.58. The minimum atomic E-state index is -0.393. The lowest BCUT2D eigenvalue weighted by Crippen LogP contribution is -2.30. The number of hydrogen-bond donors (Lipinski definition) is 2. The highest BCUT2D eigenvalue weighted by Crippen LogP contribution is 2.20. The Bertz CT molecular complexity index is 696. The van der Waals surface area contributed by atoms with Crippen LogP contribution in [0.1, 0.15) is 24.8 Å². The molecule has 0 spiro atoms. The van der Waals surface area contributed by atoms with Gasteiger partial charge in [0.25, 0.3) is 5.56 Å². The first-order valence-corrected chi connectivity index (χ1v) is 7.79. The molecule has 116 valence electrons. The average Bonchev–Trinajstić information content (AvgIpc) is 2.57. The molecular weight excluding hydrogens is 302 g/mol. The molecule has 0 saturated carbocycles. The van der Waals surface area contributed by atoms with E-state index < -0.39 is 5.56 Å². The Morgan fingerprint density at radius 1 is 1.32 bits per heavy atom. The first-order chi connectivity index (χ1) is 10.7. The first kappa shape index (κ1) is 14.8. The van der Waals surface area contributed by atoms with Gasteiger partial charge in [-0.25, -0.2) is 10.1 Å². The topological polar surface area (TPSA) is 73.9 Å². The van der Waals surface area contributed by atoms with Crippen molar-refractivity contribution in [2.45, 2.75) is 25.8 Å². The van der Waals surface area contributed by atoms with Crippen LogP contribution in [0, 0.1) is 0 Å². The van der Waals surface area contributed by atoms with Crippen LogP contribution in [0.4, 0.5) is 11.5 Å². The summed E-state index contributed by atoms with van der Waals surface area (Å²) in [6, 6.07) is 4.03. The summed E-state index contributed by atoms with van der Waals surface area (Å²) in [6.07, 6.45) is 7.07. The molecule has 0 unspecified atom stereocenters. The lowest BCUT2D eigenvalue weighted by Gasteiger charge is -2.28. The van der Waals surface area contributed by atoms with E-state index in [1.54, 1.807) is 0 Å². The Hall–Kier alpha value is -2.08. The minimum Gasteiger partial charge on any atom is -0.378 e. The maximum absolute atomic E-state index is 11.4. The van der Waals surface area contributed by atoms with Crippen molar-refractivity contribution in [2.75, 3.05) is 23.3 Å². The van der Waals surface area contributed by atoms with Crippen LogP contribution in [0.3, 0.4) is 0 Å². The number of anilines is 2. The molecule has 22 heavy (non-hydrogen) atoms. The number of aromatic amines is 1. The number of halogens is 1. The van der Waals surface area contributed by atoms with Crippen molar-refractivity contribution in [2.24, 2.45) is 0 Å². The van der Waals surface area contributed by atoms with Crippen LogP contribution >= 0.6 is 11.6 Å². The summed E-state index contributed by atoms with van der Waals surface area (Å²) in [6.45, 7) is 2.69.